The zero-order valence-electron chi connectivity index (χ0n) is 6.47. The van der Waals surface area contributed by atoms with E-state index in [0.717, 1.165) is 19.3 Å². The first-order valence-electron chi connectivity index (χ1n) is 3.62. The molecule has 0 unspecified atom stereocenters. The number of unbranched alkanes of at least 4 members (excludes halogenated alkanes) is 2. The molecule has 0 saturated carbocycles. The molecule has 2 nitrogen and oxygen atoms in total. The Labute approximate surface area is 73.2 Å². The molecule has 0 fully saturated rings. The van der Waals surface area contributed by atoms with Gasteiger partial charge in [0.1, 0.15) is 0 Å². The van der Waals surface area contributed by atoms with Crippen molar-refractivity contribution in [3.63, 3.8) is 0 Å². The molecule has 0 aromatic rings. The fraction of sp³-hybridized carbons (Fsp3) is 0.625. The van der Waals surface area contributed by atoms with E-state index in [2.05, 4.69) is 23.9 Å². The molecule has 0 heterocycles. The summed E-state index contributed by atoms with van der Waals surface area (Å²) in [7, 11) is 0. The first-order chi connectivity index (χ1) is 5.31. The summed E-state index contributed by atoms with van der Waals surface area (Å²) in [6.45, 7) is 0.709. The van der Waals surface area contributed by atoms with Crippen molar-refractivity contribution < 1.29 is 4.79 Å². The highest BCUT2D eigenvalue weighted by Gasteiger charge is 1.93. The normalized spacial score (nSPS) is 8.73. The van der Waals surface area contributed by atoms with Crippen molar-refractivity contribution in [3.05, 3.63) is 0 Å². The van der Waals surface area contributed by atoms with Gasteiger partial charge < -0.3 is 5.32 Å². The van der Waals surface area contributed by atoms with E-state index < -0.39 is 0 Å². The van der Waals surface area contributed by atoms with Gasteiger partial charge in [0.05, 0.1) is 5.75 Å². The van der Waals surface area contributed by atoms with Crippen LogP contribution < -0.4 is 5.32 Å². The molecule has 0 bridgehead atoms. The molecular formula is C8H13NOS. The Hall–Kier alpha value is -0.620. The molecule has 1 amide bonds. The maximum Gasteiger partial charge on any atom is 0.229 e. The third-order valence-electron chi connectivity index (χ3n) is 1.21. The van der Waals surface area contributed by atoms with Gasteiger partial charge in [0.2, 0.25) is 5.91 Å². The van der Waals surface area contributed by atoms with Crippen LogP contribution in [0.25, 0.3) is 0 Å². The number of terminal acetylenes is 1. The minimum atomic E-state index is -0.0194. The minimum absolute atomic E-state index is 0.0194. The lowest BCUT2D eigenvalue weighted by molar-refractivity contribution is -0.118. The number of carbonyl (C=O) groups is 1. The van der Waals surface area contributed by atoms with Crippen LogP contribution in [0.5, 0.6) is 0 Å². The Kier molecular flexibility index (Phi) is 7.06. The third-order valence-corrected chi connectivity index (χ3v) is 1.50. The van der Waals surface area contributed by atoms with Gasteiger partial charge in [0.15, 0.2) is 0 Å². The van der Waals surface area contributed by atoms with Crippen molar-refractivity contribution in [2.45, 2.75) is 19.3 Å². The highest BCUT2D eigenvalue weighted by molar-refractivity contribution is 7.81. The Morgan fingerprint density at radius 3 is 2.82 bits per heavy atom. The van der Waals surface area contributed by atoms with Crippen LogP contribution in [-0.4, -0.2) is 18.2 Å². The van der Waals surface area contributed by atoms with Crippen LogP contribution in [0.4, 0.5) is 0 Å². The first kappa shape index (κ1) is 10.4. The average Bonchev–Trinajstić information content (AvgIpc) is 2.04. The summed E-state index contributed by atoms with van der Waals surface area (Å²) in [4.78, 5) is 10.6. The number of thiol groups is 1. The molecule has 0 aliphatic carbocycles. The molecule has 62 valence electrons. The molecule has 0 atom stereocenters. The van der Waals surface area contributed by atoms with Crippen molar-refractivity contribution in [1.29, 1.82) is 0 Å². The van der Waals surface area contributed by atoms with Gasteiger partial charge in [-0.1, -0.05) is 0 Å². The highest BCUT2D eigenvalue weighted by Crippen LogP contribution is 1.91. The van der Waals surface area contributed by atoms with Crippen LogP contribution in [0.3, 0.4) is 0 Å². The van der Waals surface area contributed by atoms with Gasteiger partial charge in [-0.25, -0.2) is 0 Å². The summed E-state index contributed by atoms with van der Waals surface area (Å²) in [6, 6.07) is 0. The van der Waals surface area contributed by atoms with E-state index in [-0.39, 0.29) is 11.7 Å². The monoisotopic (exact) mass is 171 g/mol. The van der Waals surface area contributed by atoms with Gasteiger partial charge in [-0.05, 0) is 12.8 Å². The SMILES string of the molecule is C#CCCCCNC(=O)CS. The molecular weight excluding hydrogens is 158 g/mol. The number of rotatable bonds is 5. The van der Waals surface area contributed by atoms with Gasteiger partial charge >= 0.3 is 0 Å². The predicted molar refractivity (Wildman–Crippen MR) is 49.5 cm³/mol. The topological polar surface area (TPSA) is 29.1 Å². The van der Waals surface area contributed by atoms with E-state index >= 15 is 0 Å². The lowest BCUT2D eigenvalue weighted by Gasteiger charge is -2.00. The Morgan fingerprint density at radius 1 is 1.55 bits per heavy atom. The van der Waals surface area contributed by atoms with Crippen LogP contribution in [0.15, 0.2) is 0 Å². The summed E-state index contributed by atoms with van der Waals surface area (Å²) >= 11 is 3.81. The molecule has 1 N–H and O–H groups in total. The lowest BCUT2D eigenvalue weighted by atomic mass is 10.2. The number of hydrogen-bond donors (Lipinski definition) is 2. The molecule has 0 spiro atoms. The Bertz CT molecular complexity index is 151. The van der Waals surface area contributed by atoms with E-state index in [9.17, 15) is 4.79 Å². The fourth-order valence-electron chi connectivity index (χ4n) is 0.636. The molecule has 0 aromatic heterocycles. The number of amides is 1. The van der Waals surface area contributed by atoms with E-state index in [1.165, 1.54) is 0 Å². The highest BCUT2D eigenvalue weighted by atomic mass is 32.1. The zero-order valence-corrected chi connectivity index (χ0v) is 7.36. The van der Waals surface area contributed by atoms with Crippen LogP contribution in [0.1, 0.15) is 19.3 Å². The minimum Gasteiger partial charge on any atom is -0.355 e. The Balaban J connectivity index is 3.03. The number of hydrogen-bond acceptors (Lipinski definition) is 2. The second-order valence-electron chi connectivity index (χ2n) is 2.17. The molecule has 0 aliphatic rings. The summed E-state index contributed by atoms with van der Waals surface area (Å²) < 4.78 is 0. The number of nitrogens with one attached hydrogen (secondary N) is 1. The molecule has 0 rings (SSSR count). The van der Waals surface area contributed by atoms with E-state index in [4.69, 9.17) is 6.42 Å². The maximum absolute atomic E-state index is 10.6. The summed E-state index contributed by atoms with van der Waals surface area (Å²) in [6.07, 6.45) is 7.76. The third kappa shape index (κ3) is 7.27. The summed E-state index contributed by atoms with van der Waals surface area (Å²) in [5, 5.41) is 2.71. The zero-order chi connectivity index (χ0) is 8.53. The van der Waals surface area contributed by atoms with Crippen LogP contribution in [0, 0.1) is 12.3 Å². The van der Waals surface area contributed by atoms with Gasteiger partial charge in [-0.3, -0.25) is 4.79 Å². The van der Waals surface area contributed by atoms with Crippen molar-refractivity contribution in [2.75, 3.05) is 12.3 Å². The van der Waals surface area contributed by atoms with E-state index in [1.54, 1.807) is 0 Å². The van der Waals surface area contributed by atoms with Gasteiger partial charge in [0.25, 0.3) is 0 Å². The molecule has 0 radical (unpaired) electrons. The largest absolute Gasteiger partial charge is 0.355 e. The fourth-order valence-corrected chi connectivity index (χ4v) is 0.748. The first-order valence-corrected chi connectivity index (χ1v) is 4.25. The van der Waals surface area contributed by atoms with E-state index in [0.29, 0.717) is 6.54 Å². The summed E-state index contributed by atoms with van der Waals surface area (Å²) in [5.74, 6) is 2.78. The Morgan fingerprint density at radius 2 is 2.27 bits per heavy atom. The average molecular weight is 171 g/mol. The van der Waals surface area contributed by atoms with Crippen molar-refractivity contribution in [1.82, 2.24) is 5.32 Å². The van der Waals surface area contributed by atoms with Crippen LogP contribution in [-0.2, 0) is 4.79 Å². The predicted octanol–water partition coefficient (Wildman–Crippen LogP) is 0.836. The van der Waals surface area contributed by atoms with E-state index in [1.807, 2.05) is 0 Å². The lowest BCUT2D eigenvalue weighted by Crippen LogP contribution is -2.25. The molecule has 3 heteroatoms. The maximum atomic E-state index is 10.6. The molecule has 0 aromatic carbocycles. The smallest absolute Gasteiger partial charge is 0.229 e. The second kappa shape index (κ2) is 7.49. The van der Waals surface area contributed by atoms with Crippen LogP contribution >= 0.6 is 12.6 Å². The van der Waals surface area contributed by atoms with Crippen molar-refractivity contribution >= 4 is 18.5 Å². The molecule has 0 saturated heterocycles. The standard InChI is InChI=1S/C8H13NOS/c1-2-3-4-5-6-9-8(10)7-11/h1,11H,3-7H2,(H,9,10). The summed E-state index contributed by atoms with van der Waals surface area (Å²) in [5.41, 5.74) is 0. The van der Waals surface area contributed by atoms with Crippen molar-refractivity contribution in [2.24, 2.45) is 0 Å². The second-order valence-corrected chi connectivity index (χ2v) is 2.49. The van der Waals surface area contributed by atoms with Gasteiger partial charge in [-0.15, -0.1) is 12.3 Å². The quantitative estimate of drug-likeness (QED) is 0.358. The van der Waals surface area contributed by atoms with Crippen LogP contribution in [0.2, 0.25) is 0 Å². The van der Waals surface area contributed by atoms with Crippen molar-refractivity contribution in [3.8, 4) is 12.3 Å². The van der Waals surface area contributed by atoms with Gasteiger partial charge in [0, 0.05) is 13.0 Å². The number of carbonyl (C=O) groups excluding carboxylic acids is 1. The van der Waals surface area contributed by atoms with Gasteiger partial charge in [-0.2, -0.15) is 12.6 Å². The molecule has 0 aliphatic heterocycles. The molecule has 11 heavy (non-hydrogen) atoms.